The lowest BCUT2D eigenvalue weighted by Gasteiger charge is -2.27. The van der Waals surface area contributed by atoms with Crippen LogP contribution in [0.25, 0.3) is 11.3 Å². The first-order valence-electron chi connectivity index (χ1n) is 9.15. The minimum Gasteiger partial charge on any atom is -0.382 e. The van der Waals surface area contributed by atoms with Gasteiger partial charge in [0.2, 0.25) is 0 Å². The molecule has 2 amide bonds. The number of carbonyl (C=O) groups is 2. The normalized spacial score (nSPS) is 11.0. The number of hydrogen-bond acceptors (Lipinski definition) is 5. The van der Waals surface area contributed by atoms with E-state index in [1.54, 1.807) is 24.3 Å². The van der Waals surface area contributed by atoms with Crippen molar-refractivity contribution in [3.63, 3.8) is 0 Å². The molecule has 0 saturated carbocycles. The molecule has 0 radical (unpaired) electrons. The van der Waals surface area contributed by atoms with Crippen LogP contribution >= 0.6 is 0 Å². The molecule has 4 N–H and O–H groups in total. The maximum absolute atomic E-state index is 12.9. The molecule has 29 heavy (non-hydrogen) atoms. The van der Waals surface area contributed by atoms with Crippen molar-refractivity contribution >= 4 is 17.6 Å². The van der Waals surface area contributed by atoms with Crippen LogP contribution in [0.2, 0.25) is 0 Å². The fourth-order valence-electron chi connectivity index (χ4n) is 2.93. The molecule has 0 spiro atoms. The highest BCUT2D eigenvalue weighted by Crippen LogP contribution is 2.23. The van der Waals surface area contributed by atoms with Crippen molar-refractivity contribution in [1.29, 1.82) is 0 Å². The lowest BCUT2D eigenvalue weighted by atomic mass is 9.94. The van der Waals surface area contributed by atoms with Crippen LogP contribution in [-0.4, -0.2) is 28.8 Å². The van der Waals surface area contributed by atoms with E-state index in [9.17, 15) is 9.59 Å². The van der Waals surface area contributed by atoms with Gasteiger partial charge in [-0.25, -0.2) is 9.97 Å². The van der Waals surface area contributed by atoms with Gasteiger partial charge in [0, 0.05) is 18.2 Å². The van der Waals surface area contributed by atoms with Crippen molar-refractivity contribution in [2.45, 2.75) is 19.4 Å². The highest BCUT2D eigenvalue weighted by Gasteiger charge is 2.23. The van der Waals surface area contributed by atoms with Gasteiger partial charge in [0.1, 0.15) is 0 Å². The molecule has 0 unspecified atom stereocenters. The number of hydrogen-bond donors (Lipinski definition) is 3. The Balaban J connectivity index is 1.88. The minimum absolute atomic E-state index is 0.0464. The molecular weight excluding hydrogens is 366 g/mol. The van der Waals surface area contributed by atoms with Gasteiger partial charge >= 0.3 is 0 Å². The number of amides is 2. The Hall–Kier alpha value is -3.74. The Morgan fingerprint density at radius 2 is 1.72 bits per heavy atom. The fourth-order valence-corrected chi connectivity index (χ4v) is 2.93. The van der Waals surface area contributed by atoms with Crippen molar-refractivity contribution in [3.8, 4) is 11.3 Å². The predicted molar refractivity (Wildman–Crippen MR) is 112 cm³/mol. The summed E-state index contributed by atoms with van der Waals surface area (Å²) in [6.45, 7) is 3.90. The molecule has 0 atom stereocenters. The SMILES string of the molecule is CNC(=O)c1nc(-c2cccc(C(=O)NC(C)(C)c3ccccc3)c2)cnc1N. The Morgan fingerprint density at radius 3 is 2.41 bits per heavy atom. The van der Waals surface area contributed by atoms with Crippen LogP contribution in [0.4, 0.5) is 5.82 Å². The van der Waals surface area contributed by atoms with E-state index in [1.807, 2.05) is 44.2 Å². The van der Waals surface area contributed by atoms with E-state index in [2.05, 4.69) is 20.6 Å². The standard InChI is InChI=1S/C22H23N5O2/c1-22(2,16-10-5-4-6-11-16)27-20(28)15-9-7-8-14(12-15)17-13-25-19(23)18(26-17)21(29)24-3/h4-13H,1-3H3,(H2,23,25)(H,24,29)(H,27,28). The van der Waals surface area contributed by atoms with Crippen LogP contribution in [0.5, 0.6) is 0 Å². The third-order valence-corrected chi connectivity index (χ3v) is 4.58. The number of anilines is 1. The van der Waals surface area contributed by atoms with Gasteiger partial charge in [0.15, 0.2) is 11.5 Å². The summed E-state index contributed by atoms with van der Waals surface area (Å²) in [5.41, 5.74) is 7.85. The number of rotatable bonds is 5. The van der Waals surface area contributed by atoms with Gasteiger partial charge in [-0.2, -0.15) is 0 Å². The average molecular weight is 389 g/mol. The van der Waals surface area contributed by atoms with E-state index in [-0.39, 0.29) is 17.4 Å². The molecule has 2 aromatic carbocycles. The summed E-state index contributed by atoms with van der Waals surface area (Å²) in [6.07, 6.45) is 1.48. The Bertz CT molecular complexity index is 1050. The second-order valence-electron chi connectivity index (χ2n) is 7.09. The number of aromatic nitrogens is 2. The predicted octanol–water partition coefficient (Wildman–Crippen LogP) is 2.75. The first-order chi connectivity index (χ1) is 13.8. The molecule has 0 aliphatic heterocycles. The molecule has 7 nitrogen and oxygen atoms in total. The Kier molecular flexibility index (Phi) is 5.59. The number of nitrogens with zero attached hydrogens (tertiary/aromatic N) is 2. The summed E-state index contributed by atoms with van der Waals surface area (Å²) in [6, 6.07) is 16.8. The van der Waals surface area contributed by atoms with Gasteiger partial charge in [-0.3, -0.25) is 9.59 Å². The minimum atomic E-state index is -0.540. The third kappa shape index (κ3) is 4.40. The van der Waals surface area contributed by atoms with E-state index >= 15 is 0 Å². The van der Waals surface area contributed by atoms with Crippen molar-refractivity contribution in [3.05, 3.63) is 77.6 Å². The van der Waals surface area contributed by atoms with Gasteiger partial charge in [0.05, 0.1) is 17.4 Å². The lowest BCUT2D eigenvalue weighted by Crippen LogP contribution is -2.40. The number of nitrogens with one attached hydrogen (secondary N) is 2. The Morgan fingerprint density at radius 1 is 1.00 bits per heavy atom. The smallest absolute Gasteiger partial charge is 0.273 e. The van der Waals surface area contributed by atoms with Crippen LogP contribution in [0.1, 0.15) is 40.3 Å². The molecule has 3 aromatic rings. The summed E-state index contributed by atoms with van der Waals surface area (Å²) in [5, 5.41) is 5.54. The van der Waals surface area contributed by atoms with Crippen molar-refractivity contribution in [2.24, 2.45) is 0 Å². The van der Waals surface area contributed by atoms with Crippen LogP contribution in [-0.2, 0) is 5.54 Å². The van der Waals surface area contributed by atoms with E-state index < -0.39 is 11.4 Å². The van der Waals surface area contributed by atoms with Crippen molar-refractivity contribution < 1.29 is 9.59 Å². The topological polar surface area (TPSA) is 110 Å². The van der Waals surface area contributed by atoms with E-state index in [0.29, 0.717) is 16.8 Å². The zero-order valence-electron chi connectivity index (χ0n) is 16.6. The molecule has 1 aromatic heterocycles. The fraction of sp³-hybridized carbons (Fsp3) is 0.182. The third-order valence-electron chi connectivity index (χ3n) is 4.58. The number of nitrogen functional groups attached to an aromatic ring is 1. The molecule has 1 heterocycles. The number of carbonyl (C=O) groups excluding carboxylic acids is 2. The molecule has 3 rings (SSSR count). The first-order valence-corrected chi connectivity index (χ1v) is 9.15. The van der Waals surface area contributed by atoms with Crippen LogP contribution in [0, 0.1) is 0 Å². The quantitative estimate of drug-likeness (QED) is 0.621. The maximum Gasteiger partial charge on any atom is 0.273 e. The van der Waals surface area contributed by atoms with Crippen molar-refractivity contribution in [2.75, 3.05) is 12.8 Å². The number of benzene rings is 2. The molecule has 0 fully saturated rings. The summed E-state index contributed by atoms with van der Waals surface area (Å²) in [4.78, 5) is 33.1. The van der Waals surface area contributed by atoms with E-state index in [0.717, 1.165) is 5.56 Å². The van der Waals surface area contributed by atoms with Gasteiger partial charge in [0.25, 0.3) is 11.8 Å². The Labute approximate surface area is 169 Å². The molecule has 0 aliphatic rings. The largest absolute Gasteiger partial charge is 0.382 e. The van der Waals surface area contributed by atoms with Gasteiger partial charge < -0.3 is 16.4 Å². The first kappa shape index (κ1) is 20.0. The van der Waals surface area contributed by atoms with Gasteiger partial charge in [-0.1, -0.05) is 42.5 Å². The van der Waals surface area contributed by atoms with Gasteiger partial charge in [-0.15, -0.1) is 0 Å². The van der Waals surface area contributed by atoms with Crippen molar-refractivity contribution in [1.82, 2.24) is 20.6 Å². The van der Waals surface area contributed by atoms with Crippen LogP contribution in [0.3, 0.4) is 0 Å². The van der Waals surface area contributed by atoms with Crippen LogP contribution in [0.15, 0.2) is 60.8 Å². The lowest BCUT2D eigenvalue weighted by molar-refractivity contribution is 0.0910. The average Bonchev–Trinajstić information content (AvgIpc) is 2.74. The molecule has 0 bridgehead atoms. The second kappa shape index (κ2) is 8.10. The summed E-state index contributed by atoms with van der Waals surface area (Å²) in [7, 11) is 1.50. The maximum atomic E-state index is 12.9. The summed E-state index contributed by atoms with van der Waals surface area (Å²) in [5.74, 6) is -0.586. The molecule has 148 valence electrons. The zero-order chi connectivity index (χ0) is 21.0. The zero-order valence-corrected chi connectivity index (χ0v) is 16.6. The van der Waals surface area contributed by atoms with E-state index in [1.165, 1.54) is 13.2 Å². The second-order valence-corrected chi connectivity index (χ2v) is 7.09. The summed E-state index contributed by atoms with van der Waals surface area (Å²) < 4.78 is 0. The molecule has 0 saturated heterocycles. The summed E-state index contributed by atoms with van der Waals surface area (Å²) >= 11 is 0. The number of nitrogens with two attached hydrogens (primary N) is 1. The molecule has 7 heteroatoms. The highest BCUT2D eigenvalue weighted by molar-refractivity contribution is 5.97. The molecule has 0 aliphatic carbocycles. The van der Waals surface area contributed by atoms with Crippen LogP contribution < -0.4 is 16.4 Å². The monoisotopic (exact) mass is 389 g/mol. The van der Waals surface area contributed by atoms with E-state index in [4.69, 9.17) is 5.73 Å². The van der Waals surface area contributed by atoms with Gasteiger partial charge in [-0.05, 0) is 31.5 Å². The highest BCUT2D eigenvalue weighted by atomic mass is 16.2. The molecular formula is C22H23N5O2.